The molecule has 0 amide bonds. The molecule has 0 aromatic heterocycles. The van der Waals surface area contributed by atoms with Crippen molar-refractivity contribution in [2.75, 3.05) is 0 Å². The second-order valence-corrected chi connectivity index (χ2v) is 9.74. The van der Waals surface area contributed by atoms with Gasteiger partial charge in [-0.1, -0.05) is 34.1 Å². The van der Waals surface area contributed by atoms with Gasteiger partial charge in [-0.05, 0) is 53.9 Å². The van der Waals surface area contributed by atoms with Crippen LogP contribution in [-0.4, -0.2) is 18.0 Å². The summed E-state index contributed by atoms with van der Waals surface area (Å²) in [7, 11) is 0. The average Bonchev–Trinajstić information content (AvgIpc) is 2.88. The first-order valence-corrected chi connectivity index (χ1v) is 9.96. The number of carbonyl (C=O) groups excluding carboxylic acids is 2. The van der Waals surface area contributed by atoms with Crippen LogP contribution in [0.3, 0.4) is 0 Å². The lowest BCUT2D eigenvalue weighted by Gasteiger charge is -2.62. The van der Waals surface area contributed by atoms with Gasteiger partial charge in [-0.3, -0.25) is 4.79 Å². The molecule has 0 aromatic carbocycles. The second kappa shape index (κ2) is 5.71. The summed E-state index contributed by atoms with van der Waals surface area (Å²) in [5.74, 6) is 1.63. The molecule has 6 atom stereocenters. The molecular weight excluding hydrogens is 328 g/mol. The molecule has 2 fully saturated rings. The zero-order chi connectivity index (χ0) is 18.9. The van der Waals surface area contributed by atoms with Gasteiger partial charge in [0.2, 0.25) is 0 Å². The van der Waals surface area contributed by atoms with E-state index in [0.29, 0.717) is 17.8 Å². The molecule has 0 bridgehead atoms. The van der Waals surface area contributed by atoms with Crippen LogP contribution in [0.25, 0.3) is 0 Å². The molecule has 4 heteroatoms. The van der Waals surface area contributed by atoms with Crippen LogP contribution in [0.5, 0.6) is 0 Å². The van der Waals surface area contributed by atoms with Crippen molar-refractivity contribution in [3.63, 3.8) is 0 Å². The molecule has 0 radical (unpaired) electrons. The number of fused-ring (bicyclic) bond motifs is 4. The summed E-state index contributed by atoms with van der Waals surface area (Å²) in [5.41, 5.74) is 1.20. The molecule has 142 valence electrons. The van der Waals surface area contributed by atoms with Crippen LogP contribution in [0.15, 0.2) is 23.5 Å². The van der Waals surface area contributed by atoms with Gasteiger partial charge < -0.3 is 9.47 Å². The first-order chi connectivity index (χ1) is 12.1. The monoisotopic (exact) mass is 358 g/mol. The normalized spacial score (nSPS) is 43.3. The van der Waals surface area contributed by atoms with Crippen LogP contribution >= 0.6 is 0 Å². The van der Waals surface area contributed by atoms with Gasteiger partial charge in [-0.25, -0.2) is 4.79 Å². The highest BCUT2D eigenvalue weighted by Gasteiger charge is 2.61. The topological polar surface area (TPSA) is 52.6 Å². The van der Waals surface area contributed by atoms with E-state index in [1.165, 1.54) is 13.3 Å². The Hall–Kier alpha value is -1.58. The minimum atomic E-state index is -0.251. The fourth-order valence-corrected chi connectivity index (χ4v) is 6.90. The fourth-order valence-electron chi connectivity index (χ4n) is 6.90. The molecule has 0 aromatic rings. The van der Waals surface area contributed by atoms with Crippen molar-refractivity contribution in [2.24, 2.45) is 34.5 Å². The van der Waals surface area contributed by atoms with Crippen molar-refractivity contribution in [3.05, 3.63) is 23.5 Å². The van der Waals surface area contributed by atoms with Gasteiger partial charge in [0, 0.05) is 24.5 Å². The minimum Gasteiger partial charge on any atom is -0.462 e. The summed E-state index contributed by atoms with van der Waals surface area (Å²) in [5, 5.41) is 0. The number of hydrogen-bond acceptors (Lipinski definition) is 4. The maximum Gasteiger partial charge on any atom is 0.336 e. The van der Waals surface area contributed by atoms with Crippen molar-refractivity contribution >= 4 is 11.9 Å². The molecule has 0 N–H and O–H groups in total. The summed E-state index contributed by atoms with van der Waals surface area (Å²) in [6, 6.07) is 0. The first-order valence-electron chi connectivity index (χ1n) is 9.96. The maximum absolute atomic E-state index is 11.9. The molecule has 4 rings (SSSR count). The molecule has 2 saturated carbocycles. The van der Waals surface area contributed by atoms with E-state index in [1.54, 1.807) is 6.08 Å². The summed E-state index contributed by atoms with van der Waals surface area (Å²) in [6.45, 7) is 10.7. The van der Waals surface area contributed by atoms with Crippen molar-refractivity contribution < 1.29 is 19.1 Å². The first kappa shape index (κ1) is 17.8. The van der Waals surface area contributed by atoms with Crippen molar-refractivity contribution in [1.29, 1.82) is 0 Å². The Labute approximate surface area is 156 Å². The van der Waals surface area contributed by atoms with E-state index in [0.717, 1.165) is 30.6 Å². The number of rotatable bonds is 1. The Bertz CT molecular complexity index is 716. The lowest BCUT2D eigenvalue weighted by molar-refractivity contribution is -0.186. The van der Waals surface area contributed by atoms with Gasteiger partial charge in [-0.15, -0.1) is 0 Å². The second-order valence-electron chi connectivity index (χ2n) is 9.74. The molecule has 3 aliphatic carbocycles. The Morgan fingerprint density at radius 2 is 2.00 bits per heavy atom. The Morgan fingerprint density at radius 3 is 2.69 bits per heavy atom. The van der Waals surface area contributed by atoms with Gasteiger partial charge in [0.1, 0.15) is 11.9 Å². The smallest absolute Gasteiger partial charge is 0.336 e. The molecule has 0 saturated heterocycles. The van der Waals surface area contributed by atoms with E-state index in [2.05, 4.69) is 33.8 Å². The number of esters is 2. The van der Waals surface area contributed by atoms with E-state index in [9.17, 15) is 9.59 Å². The molecule has 26 heavy (non-hydrogen) atoms. The fraction of sp³-hybridized carbons (Fsp3) is 0.727. The van der Waals surface area contributed by atoms with E-state index in [-0.39, 0.29) is 34.8 Å². The Morgan fingerprint density at radius 1 is 1.27 bits per heavy atom. The average molecular weight is 358 g/mol. The molecular formula is C22H30O4. The highest BCUT2D eigenvalue weighted by atomic mass is 16.5. The van der Waals surface area contributed by atoms with Gasteiger partial charge >= 0.3 is 11.9 Å². The highest BCUT2D eigenvalue weighted by molar-refractivity contribution is 5.88. The number of carbonyl (C=O) groups is 2. The zero-order valence-electron chi connectivity index (χ0n) is 16.5. The standard InChI is InChI=1S/C22H30O4/c1-12-14-9-18(25-13(2)23)20-21(3,4)7-6-8-22(20,5)16(14)11-17-15(12)10-19(24)26-17/h10-12,14,16,18,20H,6-9H2,1-5H3/t12-,14+,16+,18-,20+,22-/m1/s1. The van der Waals surface area contributed by atoms with Gasteiger partial charge in [0.25, 0.3) is 0 Å². The van der Waals surface area contributed by atoms with Gasteiger partial charge in [0.05, 0.1) is 0 Å². The number of allylic oxidation sites excluding steroid dienone is 2. The van der Waals surface area contributed by atoms with E-state index < -0.39 is 0 Å². The summed E-state index contributed by atoms with van der Waals surface area (Å²) in [4.78, 5) is 23.7. The van der Waals surface area contributed by atoms with E-state index in [1.807, 2.05) is 0 Å². The summed E-state index contributed by atoms with van der Waals surface area (Å²) < 4.78 is 11.4. The van der Waals surface area contributed by atoms with E-state index in [4.69, 9.17) is 9.47 Å². The van der Waals surface area contributed by atoms with Gasteiger partial charge in [0.15, 0.2) is 0 Å². The van der Waals surface area contributed by atoms with Crippen LogP contribution in [0.1, 0.15) is 60.3 Å². The third kappa shape index (κ3) is 2.48. The quantitative estimate of drug-likeness (QED) is 0.652. The third-order valence-electron chi connectivity index (χ3n) is 7.74. The largest absolute Gasteiger partial charge is 0.462 e. The molecule has 0 spiro atoms. The highest BCUT2D eigenvalue weighted by Crippen LogP contribution is 2.65. The van der Waals surface area contributed by atoms with Crippen LogP contribution in [-0.2, 0) is 19.1 Å². The molecule has 4 nitrogen and oxygen atoms in total. The van der Waals surface area contributed by atoms with Crippen LogP contribution in [0, 0.1) is 34.5 Å². The lowest BCUT2D eigenvalue weighted by Crippen LogP contribution is -2.59. The molecule has 1 heterocycles. The van der Waals surface area contributed by atoms with Crippen molar-refractivity contribution in [2.45, 2.75) is 66.4 Å². The minimum absolute atomic E-state index is 0.0482. The molecule has 4 aliphatic rings. The SMILES string of the molecule is CC(=O)O[C@@H]1C[C@H]2[C@@H](C)C3=CC(=O)OC3=C[C@@H]2[C@@]2(C)CCCC(C)(C)[C@H]12. The lowest BCUT2D eigenvalue weighted by atomic mass is 9.43. The predicted octanol–water partition coefficient (Wildman–Crippen LogP) is 4.40. The van der Waals surface area contributed by atoms with Gasteiger partial charge in [-0.2, -0.15) is 0 Å². The van der Waals surface area contributed by atoms with Crippen LogP contribution in [0.2, 0.25) is 0 Å². The summed E-state index contributed by atoms with van der Waals surface area (Å²) >= 11 is 0. The Kier molecular flexibility index (Phi) is 3.91. The third-order valence-corrected chi connectivity index (χ3v) is 7.74. The van der Waals surface area contributed by atoms with Crippen molar-refractivity contribution in [3.8, 4) is 0 Å². The molecule has 0 unspecified atom stereocenters. The van der Waals surface area contributed by atoms with E-state index >= 15 is 0 Å². The van der Waals surface area contributed by atoms with Crippen LogP contribution < -0.4 is 0 Å². The molecule has 1 aliphatic heterocycles. The van der Waals surface area contributed by atoms with Crippen LogP contribution in [0.4, 0.5) is 0 Å². The maximum atomic E-state index is 11.9. The predicted molar refractivity (Wildman–Crippen MR) is 97.8 cm³/mol. The summed E-state index contributed by atoms with van der Waals surface area (Å²) in [6.07, 6.45) is 8.16. The van der Waals surface area contributed by atoms with Crippen molar-refractivity contribution in [1.82, 2.24) is 0 Å². The number of hydrogen-bond donors (Lipinski definition) is 0. The zero-order valence-corrected chi connectivity index (χ0v) is 16.5. The number of ether oxygens (including phenoxy) is 2. The Balaban J connectivity index is 1.81.